The van der Waals surface area contributed by atoms with E-state index in [0.29, 0.717) is 13.0 Å². The van der Waals surface area contributed by atoms with E-state index in [0.717, 1.165) is 19.3 Å². The summed E-state index contributed by atoms with van der Waals surface area (Å²) in [5.74, 6) is -0.595. The first kappa shape index (κ1) is 15.9. The van der Waals surface area contributed by atoms with Crippen molar-refractivity contribution in [2.75, 3.05) is 13.2 Å². The Balaban J connectivity index is 2.32. The first-order valence-electron chi connectivity index (χ1n) is 6.99. The number of carbonyl (C=O) groups is 1. The predicted molar refractivity (Wildman–Crippen MR) is 78.2 cm³/mol. The minimum Gasteiger partial charge on any atom is -0.395 e. The molecule has 1 aromatic carbocycles. The third kappa shape index (κ3) is 3.42. The maximum atomic E-state index is 12.7. The van der Waals surface area contributed by atoms with Crippen LogP contribution in [-0.4, -0.2) is 42.9 Å². The molecule has 0 bridgehead atoms. The van der Waals surface area contributed by atoms with Crippen molar-refractivity contribution in [1.82, 2.24) is 4.31 Å². The summed E-state index contributed by atoms with van der Waals surface area (Å²) < 4.78 is 26.8. The molecule has 116 valence electrons. The number of hydrogen-bond donors (Lipinski definition) is 2. The molecule has 3 N–H and O–H groups in total. The molecule has 1 heterocycles. The predicted octanol–water partition coefficient (Wildman–Crippen LogP) is 0.711. The fourth-order valence-corrected chi connectivity index (χ4v) is 4.26. The normalized spacial score (nSPS) is 20.9. The highest BCUT2D eigenvalue weighted by Gasteiger charge is 2.31. The number of nitrogens with two attached hydrogens (primary N) is 1. The van der Waals surface area contributed by atoms with Gasteiger partial charge in [0, 0.05) is 18.2 Å². The van der Waals surface area contributed by atoms with Gasteiger partial charge in [-0.2, -0.15) is 4.31 Å². The van der Waals surface area contributed by atoms with Crippen LogP contribution in [0.3, 0.4) is 0 Å². The van der Waals surface area contributed by atoms with Crippen LogP contribution in [-0.2, 0) is 10.0 Å². The Hall–Kier alpha value is -1.44. The Morgan fingerprint density at radius 2 is 1.90 bits per heavy atom. The zero-order valence-corrected chi connectivity index (χ0v) is 12.6. The summed E-state index contributed by atoms with van der Waals surface area (Å²) >= 11 is 0. The molecule has 6 nitrogen and oxygen atoms in total. The number of sulfonamides is 1. The van der Waals surface area contributed by atoms with E-state index in [1.807, 2.05) is 0 Å². The van der Waals surface area contributed by atoms with Crippen LogP contribution in [0.15, 0.2) is 29.2 Å². The van der Waals surface area contributed by atoms with Crippen molar-refractivity contribution < 1.29 is 18.3 Å². The monoisotopic (exact) mass is 312 g/mol. The van der Waals surface area contributed by atoms with Gasteiger partial charge in [-0.1, -0.05) is 12.8 Å². The number of nitrogens with zero attached hydrogens (tertiary/aromatic N) is 1. The van der Waals surface area contributed by atoms with E-state index in [9.17, 15) is 18.3 Å². The number of amides is 1. The average Bonchev–Trinajstić information content (AvgIpc) is 2.72. The summed E-state index contributed by atoms with van der Waals surface area (Å²) in [6, 6.07) is 5.19. The van der Waals surface area contributed by atoms with Crippen LogP contribution in [0.1, 0.15) is 36.0 Å². The minimum absolute atomic E-state index is 0.118. The highest BCUT2D eigenvalue weighted by molar-refractivity contribution is 7.89. The van der Waals surface area contributed by atoms with Crippen molar-refractivity contribution in [2.24, 2.45) is 5.73 Å². The van der Waals surface area contributed by atoms with Crippen LogP contribution in [0.4, 0.5) is 0 Å². The second-order valence-electron chi connectivity index (χ2n) is 5.19. The number of aliphatic hydroxyl groups is 1. The van der Waals surface area contributed by atoms with E-state index in [1.165, 1.54) is 28.6 Å². The lowest BCUT2D eigenvalue weighted by Gasteiger charge is -2.27. The second-order valence-corrected chi connectivity index (χ2v) is 7.08. The zero-order valence-electron chi connectivity index (χ0n) is 11.7. The van der Waals surface area contributed by atoms with E-state index in [1.54, 1.807) is 0 Å². The number of hydrogen-bond acceptors (Lipinski definition) is 4. The van der Waals surface area contributed by atoms with Crippen molar-refractivity contribution in [1.29, 1.82) is 0 Å². The van der Waals surface area contributed by atoms with Gasteiger partial charge < -0.3 is 10.8 Å². The van der Waals surface area contributed by atoms with E-state index >= 15 is 0 Å². The van der Waals surface area contributed by atoms with Gasteiger partial charge in [0.05, 0.1) is 11.5 Å². The maximum absolute atomic E-state index is 12.7. The number of aliphatic hydroxyl groups excluding tert-OH is 1. The molecule has 7 heteroatoms. The number of primary amides is 1. The molecule has 1 atom stereocenters. The van der Waals surface area contributed by atoms with Gasteiger partial charge in [-0.05, 0) is 37.1 Å². The third-order valence-electron chi connectivity index (χ3n) is 3.78. The molecule has 0 spiro atoms. The lowest BCUT2D eigenvalue weighted by molar-refractivity contribution is 0.1000. The Morgan fingerprint density at radius 3 is 2.48 bits per heavy atom. The zero-order chi connectivity index (χ0) is 15.5. The molecule has 1 amide bonds. The Morgan fingerprint density at radius 1 is 1.24 bits per heavy atom. The molecule has 0 aliphatic carbocycles. The van der Waals surface area contributed by atoms with Gasteiger partial charge >= 0.3 is 0 Å². The average molecular weight is 312 g/mol. The van der Waals surface area contributed by atoms with Gasteiger partial charge in [0.2, 0.25) is 15.9 Å². The van der Waals surface area contributed by atoms with Gasteiger partial charge in [0.1, 0.15) is 0 Å². The highest BCUT2D eigenvalue weighted by atomic mass is 32.2. The van der Waals surface area contributed by atoms with Gasteiger partial charge in [0.25, 0.3) is 0 Å². The molecule has 2 rings (SSSR count). The van der Waals surface area contributed by atoms with Crippen LogP contribution < -0.4 is 5.73 Å². The number of carbonyl (C=O) groups excluding carboxylic acids is 1. The summed E-state index contributed by atoms with van der Waals surface area (Å²) in [6.07, 6.45) is 3.32. The van der Waals surface area contributed by atoms with E-state index in [-0.39, 0.29) is 23.1 Å². The molecule has 1 aliphatic rings. The van der Waals surface area contributed by atoms with Gasteiger partial charge in [-0.15, -0.1) is 0 Å². The summed E-state index contributed by atoms with van der Waals surface area (Å²) in [4.78, 5) is 11.2. The van der Waals surface area contributed by atoms with Crippen molar-refractivity contribution in [3.05, 3.63) is 29.8 Å². The van der Waals surface area contributed by atoms with E-state index < -0.39 is 15.9 Å². The topological polar surface area (TPSA) is 101 Å². The Bertz CT molecular complexity index is 598. The second kappa shape index (κ2) is 6.55. The quantitative estimate of drug-likeness (QED) is 0.855. The first-order valence-corrected chi connectivity index (χ1v) is 8.43. The largest absolute Gasteiger partial charge is 0.395 e. The molecule has 1 aliphatic heterocycles. The molecule has 1 unspecified atom stereocenters. The standard InChI is InChI=1S/C14H20N2O4S/c15-14(18)11-5-7-13(8-6-11)21(19,20)16-9-3-1-2-4-12(16)10-17/h5-8,12,17H,1-4,9-10H2,(H2,15,18). The summed E-state index contributed by atoms with van der Waals surface area (Å²) in [7, 11) is -3.67. The van der Waals surface area contributed by atoms with E-state index in [4.69, 9.17) is 5.73 Å². The molecule has 1 saturated heterocycles. The van der Waals surface area contributed by atoms with Gasteiger partial charge in [-0.25, -0.2) is 8.42 Å². The Kier molecular flexibility index (Phi) is 4.97. The minimum atomic E-state index is -3.67. The highest BCUT2D eigenvalue weighted by Crippen LogP contribution is 2.24. The summed E-state index contributed by atoms with van der Waals surface area (Å²) in [6.45, 7) is 0.226. The van der Waals surface area contributed by atoms with Gasteiger partial charge in [-0.3, -0.25) is 4.79 Å². The molecule has 0 aromatic heterocycles. The van der Waals surface area contributed by atoms with Crippen LogP contribution in [0.25, 0.3) is 0 Å². The third-order valence-corrected chi connectivity index (χ3v) is 5.75. The van der Waals surface area contributed by atoms with Crippen molar-refractivity contribution in [3.63, 3.8) is 0 Å². The summed E-state index contributed by atoms with van der Waals surface area (Å²) in [5.41, 5.74) is 5.42. The molecular weight excluding hydrogens is 292 g/mol. The fraction of sp³-hybridized carbons (Fsp3) is 0.500. The molecule has 21 heavy (non-hydrogen) atoms. The molecular formula is C14H20N2O4S. The molecule has 1 aromatic rings. The smallest absolute Gasteiger partial charge is 0.248 e. The van der Waals surface area contributed by atoms with E-state index in [2.05, 4.69) is 0 Å². The van der Waals surface area contributed by atoms with Crippen molar-refractivity contribution in [3.8, 4) is 0 Å². The first-order chi connectivity index (χ1) is 9.96. The lowest BCUT2D eigenvalue weighted by Crippen LogP contribution is -2.42. The molecule has 1 fully saturated rings. The summed E-state index contributed by atoms with van der Waals surface area (Å²) in [5, 5.41) is 9.45. The van der Waals surface area contributed by atoms with Crippen LogP contribution in [0, 0.1) is 0 Å². The lowest BCUT2D eigenvalue weighted by atomic mass is 10.1. The van der Waals surface area contributed by atoms with Gasteiger partial charge in [0.15, 0.2) is 0 Å². The Labute approximate surface area is 124 Å². The van der Waals surface area contributed by atoms with Crippen LogP contribution >= 0.6 is 0 Å². The molecule has 0 saturated carbocycles. The number of rotatable bonds is 4. The fourth-order valence-electron chi connectivity index (χ4n) is 2.58. The molecule has 0 radical (unpaired) electrons. The van der Waals surface area contributed by atoms with Crippen LogP contribution in [0.2, 0.25) is 0 Å². The SMILES string of the molecule is NC(=O)c1ccc(S(=O)(=O)N2CCCCCC2CO)cc1. The number of benzene rings is 1. The van der Waals surface area contributed by atoms with Crippen molar-refractivity contribution >= 4 is 15.9 Å². The maximum Gasteiger partial charge on any atom is 0.248 e. The van der Waals surface area contributed by atoms with Crippen molar-refractivity contribution in [2.45, 2.75) is 36.6 Å². The van der Waals surface area contributed by atoms with Crippen LogP contribution in [0.5, 0.6) is 0 Å².